The zero-order chi connectivity index (χ0) is 11.0. The molecule has 0 amide bonds. The Labute approximate surface area is 102 Å². The van der Waals surface area contributed by atoms with Gasteiger partial charge >= 0.3 is 0 Å². The molecule has 0 aliphatic rings. The summed E-state index contributed by atoms with van der Waals surface area (Å²) in [4.78, 5) is 0. The number of pyridine rings is 1. The monoisotopic (exact) mass is 272 g/mol. The number of rotatable bonds is 1. The van der Waals surface area contributed by atoms with Crippen LogP contribution in [0.5, 0.6) is 0 Å². The van der Waals surface area contributed by atoms with Crippen molar-refractivity contribution in [1.82, 2.24) is 9.61 Å². The predicted octanol–water partition coefficient (Wildman–Crippen LogP) is 3.76. The smallest absolute Gasteiger partial charge is 0.0804 e. The van der Waals surface area contributed by atoms with E-state index in [0.717, 1.165) is 9.99 Å². The second kappa shape index (κ2) is 3.76. The Morgan fingerprint density at radius 1 is 0.938 bits per heavy atom. The number of benzene rings is 1. The first-order valence-corrected chi connectivity index (χ1v) is 5.82. The van der Waals surface area contributed by atoms with Gasteiger partial charge in [0.15, 0.2) is 0 Å². The van der Waals surface area contributed by atoms with Gasteiger partial charge in [-0.1, -0.05) is 36.4 Å². The Morgan fingerprint density at radius 3 is 2.56 bits per heavy atom. The second-order valence-electron chi connectivity index (χ2n) is 3.61. The van der Waals surface area contributed by atoms with Crippen LogP contribution in [0, 0.1) is 0 Å². The average molecular weight is 273 g/mol. The lowest BCUT2D eigenvalue weighted by molar-refractivity contribution is 0.963. The van der Waals surface area contributed by atoms with Gasteiger partial charge in [-0.3, -0.25) is 0 Å². The molecule has 1 aromatic carbocycles. The fourth-order valence-electron chi connectivity index (χ4n) is 1.75. The molecule has 0 unspecified atom stereocenters. The van der Waals surface area contributed by atoms with E-state index in [1.54, 1.807) is 0 Å². The topological polar surface area (TPSA) is 17.3 Å². The van der Waals surface area contributed by atoms with Gasteiger partial charge in [0.05, 0.1) is 16.2 Å². The lowest BCUT2D eigenvalue weighted by Gasteiger charge is -2.02. The Balaban J connectivity index is 2.19. The highest BCUT2D eigenvalue weighted by atomic mass is 79.9. The van der Waals surface area contributed by atoms with E-state index in [1.165, 1.54) is 11.1 Å². The maximum Gasteiger partial charge on any atom is 0.0804 e. The van der Waals surface area contributed by atoms with Gasteiger partial charge in [0, 0.05) is 11.8 Å². The number of fused-ring (bicyclic) bond motifs is 1. The number of aromatic nitrogens is 2. The van der Waals surface area contributed by atoms with Gasteiger partial charge in [0.1, 0.15) is 0 Å². The van der Waals surface area contributed by atoms with Gasteiger partial charge in [0.2, 0.25) is 0 Å². The van der Waals surface area contributed by atoms with Crippen LogP contribution in [0.15, 0.2) is 59.3 Å². The number of hydrogen-bond acceptors (Lipinski definition) is 1. The molecule has 3 heteroatoms. The molecule has 16 heavy (non-hydrogen) atoms. The second-order valence-corrected chi connectivity index (χ2v) is 4.46. The van der Waals surface area contributed by atoms with E-state index in [-0.39, 0.29) is 0 Å². The molecule has 2 heterocycles. The van der Waals surface area contributed by atoms with Crippen LogP contribution in [0.1, 0.15) is 0 Å². The van der Waals surface area contributed by atoms with Crippen LogP contribution >= 0.6 is 15.9 Å². The van der Waals surface area contributed by atoms with Gasteiger partial charge in [-0.2, -0.15) is 5.10 Å². The summed E-state index contributed by atoms with van der Waals surface area (Å²) in [6, 6.07) is 14.5. The first-order chi connectivity index (χ1) is 7.84. The van der Waals surface area contributed by atoms with Crippen molar-refractivity contribution in [1.29, 1.82) is 0 Å². The molecule has 0 bridgehead atoms. The molecule has 0 atom stereocenters. The standard InChI is InChI=1S/C13H9BrN2/c14-12-8-15-16-9-11(6-7-13(12)16)10-4-2-1-3-5-10/h1-9H. The third-order valence-corrected chi connectivity index (χ3v) is 3.19. The Bertz CT molecular complexity index is 629. The summed E-state index contributed by atoms with van der Waals surface area (Å²) in [5, 5.41) is 4.27. The largest absolute Gasteiger partial charge is 0.239 e. The van der Waals surface area contributed by atoms with Crippen LogP contribution in [0.4, 0.5) is 0 Å². The van der Waals surface area contributed by atoms with E-state index in [2.05, 4.69) is 45.3 Å². The Morgan fingerprint density at radius 2 is 1.75 bits per heavy atom. The van der Waals surface area contributed by atoms with E-state index < -0.39 is 0 Å². The van der Waals surface area contributed by atoms with Gasteiger partial charge in [-0.25, -0.2) is 4.52 Å². The molecule has 2 nitrogen and oxygen atoms in total. The Hall–Kier alpha value is -1.61. The van der Waals surface area contributed by atoms with E-state index >= 15 is 0 Å². The van der Waals surface area contributed by atoms with Crippen LogP contribution in [-0.2, 0) is 0 Å². The molecule has 3 aromatic rings. The summed E-state index contributed by atoms with van der Waals surface area (Å²) in [5.74, 6) is 0. The van der Waals surface area contributed by atoms with Crippen molar-refractivity contribution in [2.45, 2.75) is 0 Å². The fraction of sp³-hybridized carbons (Fsp3) is 0. The molecular weight excluding hydrogens is 264 g/mol. The summed E-state index contributed by atoms with van der Waals surface area (Å²) >= 11 is 3.46. The summed E-state index contributed by atoms with van der Waals surface area (Å²) in [5.41, 5.74) is 3.46. The van der Waals surface area contributed by atoms with E-state index in [4.69, 9.17) is 0 Å². The van der Waals surface area contributed by atoms with Crippen molar-refractivity contribution in [3.8, 4) is 11.1 Å². The van der Waals surface area contributed by atoms with Crippen molar-refractivity contribution in [3.63, 3.8) is 0 Å². The molecule has 0 radical (unpaired) electrons. The van der Waals surface area contributed by atoms with Crippen molar-refractivity contribution in [3.05, 3.63) is 59.3 Å². The zero-order valence-corrected chi connectivity index (χ0v) is 10.1. The minimum atomic E-state index is 1.02. The molecular formula is C13H9BrN2. The molecule has 78 valence electrons. The normalized spacial score (nSPS) is 10.8. The first kappa shape index (κ1) is 9.60. The number of halogens is 1. The zero-order valence-electron chi connectivity index (χ0n) is 8.47. The lowest BCUT2D eigenvalue weighted by atomic mass is 10.1. The maximum atomic E-state index is 4.27. The minimum absolute atomic E-state index is 1.02. The third kappa shape index (κ3) is 1.53. The lowest BCUT2D eigenvalue weighted by Crippen LogP contribution is -1.87. The van der Waals surface area contributed by atoms with Crippen LogP contribution in [0.2, 0.25) is 0 Å². The molecule has 0 saturated carbocycles. The maximum absolute atomic E-state index is 4.27. The van der Waals surface area contributed by atoms with E-state index in [1.807, 2.05) is 35.1 Å². The quantitative estimate of drug-likeness (QED) is 0.659. The average Bonchev–Trinajstić information content (AvgIpc) is 2.72. The van der Waals surface area contributed by atoms with E-state index in [0.29, 0.717) is 0 Å². The third-order valence-electron chi connectivity index (χ3n) is 2.58. The molecule has 0 saturated heterocycles. The SMILES string of the molecule is Brc1cnn2cc(-c3ccccc3)ccc12. The molecule has 2 aromatic heterocycles. The van der Waals surface area contributed by atoms with Crippen molar-refractivity contribution in [2.75, 3.05) is 0 Å². The van der Waals surface area contributed by atoms with Gasteiger partial charge in [-0.15, -0.1) is 0 Å². The van der Waals surface area contributed by atoms with E-state index in [9.17, 15) is 0 Å². The van der Waals surface area contributed by atoms with Crippen molar-refractivity contribution < 1.29 is 0 Å². The van der Waals surface area contributed by atoms with Crippen LogP contribution in [-0.4, -0.2) is 9.61 Å². The molecule has 0 spiro atoms. The van der Waals surface area contributed by atoms with Gasteiger partial charge in [0.25, 0.3) is 0 Å². The predicted molar refractivity (Wildman–Crippen MR) is 68.3 cm³/mol. The summed E-state index contributed by atoms with van der Waals surface area (Å²) < 4.78 is 2.90. The van der Waals surface area contributed by atoms with Crippen LogP contribution in [0.3, 0.4) is 0 Å². The molecule has 0 N–H and O–H groups in total. The van der Waals surface area contributed by atoms with Gasteiger partial charge < -0.3 is 0 Å². The number of nitrogens with zero attached hydrogens (tertiary/aromatic N) is 2. The minimum Gasteiger partial charge on any atom is -0.239 e. The molecule has 0 aliphatic heterocycles. The highest BCUT2D eigenvalue weighted by Gasteiger charge is 2.02. The summed E-state index contributed by atoms with van der Waals surface area (Å²) in [7, 11) is 0. The molecule has 3 rings (SSSR count). The van der Waals surface area contributed by atoms with Crippen molar-refractivity contribution in [2.24, 2.45) is 0 Å². The van der Waals surface area contributed by atoms with Crippen LogP contribution in [0.25, 0.3) is 16.6 Å². The molecule has 0 fully saturated rings. The highest BCUT2D eigenvalue weighted by molar-refractivity contribution is 9.10. The highest BCUT2D eigenvalue weighted by Crippen LogP contribution is 2.23. The summed E-state index contributed by atoms with van der Waals surface area (Å²) in [6.07, 6.45) is 3.85. The molecule has 0 aliphatic carbocycles. The van der Waals surface area contributed by atoms with Crippen LogP contribution < -0.4 is 0 Å². The Kier molecular flexibility index (Phi) is 2.26. The van der Waals surface area contributed by atoms with Gasteiger partial charge in [-0.05, 0) is 27.6 Å². The van der Waals surface area contributed by atoms with Crippen molar-refractivity contribution >= 4 is 21.4 Å². The first-order valence-electron chi connectivity index (χ1n) is 5.03. The summed E-state index contributed by atoms with van der Waals surface area (Å²) in [6.45, 7) is 0. The fourth-order valence-corrected chi connectivity index (χ4v) is 2.16. The number of hydrogen-bond donors (Lipinski definition) is 0.